The summed E-state index contributed by atoms with van der Waals surface area (Å²) >= 11 is 13.6. The van der Waals surface area contributed by atoms with Crippen molar-refractivity contribution in [3.05, 3.63) is 39.3 Å². The van der Waals surface area contributed by atoms with Crippen LogP contribution in [0.15, 0.2) is 24.4 Å². The fraction of sp³-hybridized carbons (Fsp3) is 0.357. The van der Waals surface area contributed by atoms with Gasteiger partial charge in [0.05, 0.1) is 10.0 Å². The number of halogens is 2. The number of hydrogen-bond donors (Lipinski definition) is 1. The molecule has 0 aliphatic carbocycles. The quantitative estimate of drug-likeness (QED) is 0.861. The van der Waals surface area contributed by atoms with Crippen LogP contribution >= 0.6 is 34.5 Å². The Bertz CT molecular complexity index is 573. The molecule has 2 aromatic rings. The van der Waals surface area contributed by atoms with Gasteiger partial charge in [-0.15, -0.1) is 11.3 Å². The minimum atomic E-state index is 0.105. The zero-order valence-electron chi connectivity index (χ0n) is 11.1. The third kappa shape index (κ3) is 4.18. The second-order valence-corrected chi connectivity index (χ2v) is 7.29. The molecule has 1 heterocycles. The van der Waals surface area contributed by atoms with Crippen LogP contribution in [0.4, 0.5) is 0 Å². The van der Waals surface area contributed by atoms with Crippen molar-refractivity contribution in [2.45, 2.75) is 32.9 Å². The molecule has 0 amide bonds. The highest BCUT2D eigenvalue weighted by atomic mass is 35.5. The monoisotopic (exact) mass is 314 g/mol. The van der Waals surface area contributed by atoms with Crippen molar-refractivity contribution in [1.82, 2.24) is 10.3 Å². The summed E-state index contributed by atoms with van der Waals surface area (Å²) in [5, 5.41) is 5.53. The lowest BCUT2D eigenvalue weighted by molar-refractivity contribution is 0.426. The van der Waals surface area contributed by atoms with Crippen LogP contribution in [0.25, 0.3) is 10.6 Å². The molecule has 0 radical (unpaired) electrons. The van der Waals surface area contributed by atoms with Crippen LogP contribution in [-0.2, 0) is 6.54 Å². The van der Waals surface area contributed by atoms with Crippen LogP contribution in [0.2, 0.25) is 10.0 Å². The SMILES string of the molecule is CC(C)(C)NCc1cnc(-c2ccc(Cl)c(Cl)c2)s1. The molecule has 1 aromatic heterocycles. The predicted molar refractivity (Wildman–Crippen MR) is 84.2 cm³/mol. The van der Waals surface area contributed by atoms with Crippen LogP contribution < -0.4 is 5.32 Å². The van der Waals surface area contributed by atoms with Gasteiger partial charge in [-0.2, -0.15) is 0 Å². The van der Waals surface area contributed by atoms with E-state index in [2.05, 4.69) is 31.1 Å². The Morgan fingerprint density at radius 2 is 1.95 bits per heavy atom. The van der Waals surface area contributed by atoms with Crippen LogP contribution in [-0.4, -0.2) is 10.5 Å². The lowest BCUT2D eigenvalue weighted by Crippen LogP contribution is -2.34. The summed E-state index contributed by atoms with van der Waals surface area (Å²) in [6, 6.07) is 5.59. The second-order valence-electron chi connectivity index (χ2n) is 5.36. The first-order chi connectivity index (χ1) is 8.85. The topological polar surface area (TPSA) is 24.9 Å². The Hall–Kier alpha value is -0.610. The van der Waals surface area contributed by atoms with Gasteiger partial charge in [0.15, 0.2) is 0 Å². The lowest BCUT2D eigenvalue weighted by Gasteiger charge is -2.19. The molecule has 19 heavy (non-hydrogen) atoms. The minimum Gasteiger partial charge on any atom is -0.307 e. The number of hydrogen-bond acceptors (Lipinski definition) is 3. The summed E-state index contributed by atoms with van der Waals surface area (Å²) < 4.78 is 0. The Morgan fingerprint density at radius 1 is 1.21 bits per heavy atom. The van der Waals surface area contributed by atoms with Crippen molar-refractivity contribution in [2.24, 2.45) is 0 Å². The van der Waals surface area contributed by atoms with E-state index in [1.54, 1.807) is 17.4 Å². The number of aromatic nitrogens is 1. The van der Waals surface area contributed by atoms with Gasteiger partial charge in [0.1, 0.15) is 5.01 Å². The number of rotatable bonds is 3. The number of nitrogens with zero attached hydrogens (tertiary/aromatic N) is 1. The molecule has 0 saturated heterocycles. The zero-order valence-corrected chi connectivity index (χ0v) is 13.5. The Balaban J connectivity index is 2.14. The van der Waals surface area contributed by atoms with Crippen LogP contribution in [0.3, 0.4) is 0 Å². The van der Waals surface area contributed by atoms with Gasteiger partial charge in [0, 0.05) is 28.7 Å². The van der Waals surface area contributed by atoms with Gasteiger partial charge < -0.3 is 5.32 Å². The van der Waals surface area contributed by atoms with Crippen molar-refractivity contribution in [1.29, 1.82) is 0 Å². The molecular formula is C14H16Cl2N2S. The van der Waals surface area contributed by atoms with E-state index in [9.17, 15) is 0 Å². The second kappa shape index (κ2) is 5.80. The smallest absolute Gasteiger partial charge is 0.123 e. The molecule has 1 aromatic carbocycles. The molecule has 102 valence electrons. The van der Waals surface area contributed by atoms with Crippen LogP contribution in [0.5, 0.6) is 0 Å². The van der Waals surface area contributed by atoms with Crippen molar-refractivity contribution in [3.8, 4) is 10.6 Å². The largest absolute Gasteiger partial charge is 0.307 e. The molecule has 0 spiro atoms. The third-order valence-corrected chi connectivity index (χ3v) is 4.30. The Labute approximate surface area is 127 Å². The van der Waals surface area contributed by atoms with E-state index in [1.807, 2.05) is 18.3 Å². The van der Waals surface area contributed by atoms with E-state index in [-0.39, 0.29) is 5.54 Å². The van der Waals surface area contributed by atoms with Gasteiger partial charge in [-0.05, 0) is 32.9 Å². The fourth-order valence-electron chi connectivity index (χ4n) is 1.50. The van der Waals surface area contributed by atoms with E-state index in [1.165, 1.54) is 4.88 Å². The van der Waals surface area contributed by atoms with Gasteiger partial charge in [0.2, 0.25) is 0 Å². The zero-order chi connectivity index (χ0) is 14.0. The molecule has 2 nitrogen and oxygen atoms in total. The molecule has 0 aliphatic rings. The predicted octanol–water partition coefficient (Wildman–Crippen LogP) is 5.01. The number of nitrogens with one attached hydrogen (secondary N) is 1. The first-order valence-corrected chi connectivity index (χ1v) is 7.57. The van der Waals surface area contributed by atoms with E-state index in [4.69, 9.17) is 23.2 Å². The summed E-state index contributed by atoms with van der Waals surface area (Å²) in [6.45, 7) is 7.26. The summed E-state index contributed by atoms with van der Waals surface area (Å²) in [7, 11) is 0. The first-order valence-electron chi connectivity index (χ1n) is 6.00. The Morgan fingerprint density at radius 3 is 2.58 bits per heavy atom. The van der Waals surface area contributed by atoms with Gasteiger partial charge in [-0.3, -0.25) is 0 Å². The maximum absolute atomic E-state index is 6.02. The molecular weight excluding hydrogens is 299 g/mol. The molecule has 5 heteroatoms. The van der Waals surface area contributed by atoms with Crippen molar-refractivity contribution in [2.75, 3.05) is 0 Å². The van der Waals surface area contributed by atoms with Gasteiger partial charge in [0.25, 0.3) is 0 Å². The van der Waals surface area contributed by atoms with Crippen LogP contribution in [0.1, 0.15) is 25.6 Å². The standard InChI is InChI=1S/C14H16Cl2N2S/c1-14(2,3)18-8-10-7-17-13(19-10)9-4-5-11(15)12(16)6-9/h4-7,18H,8H2,1-3H3. The molecule has 0 unspecified atom stereocenters. The first kappa shape index (κ1) is 14.8. The summed E-state index contributed by atoms with van der Waals surface area (Å²) in [6.07, 6.45) is 1.90. The fourth-order valence-corrected chi connectivity index (χ4v) is 2.65. The number of thiazole rings is 1. The van der Waals surface area contributed by atoms with Gasteiger partial charge >= 0.3 is 0 Å². The third-order valence-electron chi connectivity index (χ3n) is 2.51. The average Bonchev–Trinajstić information content (AvgIpc) is 2.78. The van der Waals surface area contributed by atoms with Crippen molar-refractivity contribution < 1.29 is 0 Å². The summed E-state index contributed by atoms with van der Waals surface area (Å²) in [4.78, 5) is 5.64. The summed E-state index contributed by atoms with van der Waals surface area (Å²) in [5.41, 5.74) is 1.11. The van der Waals surface area contributed by atoms with Crippen molar-refractivity contribution in [3.63, 3.8) is 0 Å². The molecule has 0 atom stereocenters. The highest BCUT2D eigenvalue weighted by Crippen LogP contribution is 2.31. The van der Waals surface area contributed by atoms with E-state index in [0.717, 1.165) is 17.1 Å². The molecule has 0 aliphatic heterocycles. The van der Waals surface area contributed by atoms with Crippen LogP contribution in [0, 0.1) is 0 Å². The lowest BCUT2D eigenvalue weighted by atomic mass is 10.1. The molecule has 1 N–H and O–H groups in total. The molecule has 0 fully saturated rings. The van der Waals surface area contributed by atoms with E-state index in [0.29, 0.717) is 10.0 Å². The van der Waals surface area contributed by atoms with Gasteiger partial charge in [-0.1, -0.05) is 29.3 Å². The van der Waals surface area contributed by atoms with Crippen molar-refractivity contribution >= 4 is 34.5 Å². The minimum absolute atomic E-state index is 0.105. The Kier molecular flexibility index (Phi) is 4.51. The maximum atomic E-state index is 6.02. The highest BCUT2D eigenvalue weighted by molar-refractivity contribution is 7.15. The maximum Gasteiger partial charge on any atom is 0.123 e. The highest BCUT2D eigenvalue weighted by Gasteiger charge is 2.11. The average molecular weight is 315 g/mol. The normalized spacial score (nSPS) is 11.8. The molecule has 0 bridgehead atoms. The number of benzene rings is 1. The van der Waals surface area contributed by atoms with E-state index >= 15 is 0 Å². The molecule has 2 rings (SSSR count). The van der Waals surface area contributed by atoms with E-state index < -0.39 is 0 Å². The van der Waals surface area contributed by atoms with Gasteiger partial charge in [-0.25, -0.2) is 4.98 Å². The summed E-state index contributed by atoms with van der Waals surface area (Å²) in [5.74, 6) is 0. The molecule has 0 saturated carbocycles.